The number of hydrogen-bond acceptors (Lipinski definition) is 6. The van der Waals surface area contributed by atoms with Crippen LogP contribution < -0.4 is 15.8 Å². The fraction of sp³-hybridized carbons (Fsp3) is 0.533. The minimum Gasteiger partial charge on any atom is -0.497 e. The molecule has 7 nitrogen and oxygen atoms in total. The van der Waals surface area contributed by atoms with Gasteiger partial charge in [0.05, 0.1) is 7.11 Å². The number of rotatable bonds is 5. The van der Waals surface area contributed by atoms with E-state index < -0.39 is 23.9 Å². The second-order valence-electron chi connectivity index (χ2n) is 5.89. The highest BCUT2D eigenvalue weighted by Gasteiger charge is 2.23. The Morgan fingerprint density at radius 3 is 2.55 bits per heavy atom. The molecule has 0 saturated heterocycles. The summed E-state index contributed by atoms with van der Waals surface area (Å²) >= 11 is 0. The number of ether oxygens (including phenoxy) is 2. The Kier molecular flexibility index (Phi) is 6.01. The van der Waals surface area contributed by atoms with Crippen molar-refractivity contribution in [3.05, 3.63) is 23.8 Å². The summed E-state index contributed by atoms with van der Waals surface area (Å²) in [4.78, 5) is 11.5. The van der Waals surface area contributed by atoms with Crippen LogP contribution in [-0.2, 0) is 4.74 Å². The molecule has 1 aromatic rings. The highest BCUT2D eigenvalue weighted by atomic mass is 16.6. The van der Waals surface area contributed by atoms with Crippen LogP contribution in [0.4, 0.5) is 10.5 Å². The molecule has 0 bridgehead atoms. The Morgan fingerprint density at radius 2 is 2.00 bits per heavy atom. The fourth-order valence-corrected chi connectivity index (χ4v) is 1.76. The van der Waals surface area contributed by atoms with Crippen molar-refractivity contribution in [3.8, 4) is 5.75 Å². The molecule has 0 aromatic heterocycles. The highest BCUT2D eigenvalue weighted by molar-refractivity contribution is 5.67. The number of anilines is 1. The van der Waals surface area contributed by atoms with Crippen molar-refractivity contribution in [2.24, 2.45) is 0 Å². The van der Waals surface area contributed by atoms with Crippen molar-refractivity contribution in [2.75, 3.05) is 19.4 Å². The minimum absolute atomic E-state index is 0.174. The number of methoxy groups -OCH3 is 1. The van der Waals surface area contributed by atoms with Crippen molar-refractivity contribution in [2.45, 2.75) is 38.6 Å². The van der Waals surface area contributed by atoms with Crippen LogP contribution in [0.25, 0.3) is 0 Å². The summed E-state index contributed by atoms with van der Waals surface area (Å²) in [6.07, 6.45) is -3.16. The van der Waals surface area contributed by atoms with Gasteiger partial charge in [-0.05, 0) is 39.0 Å². The number of nitrogens with two attached hydrogens (primary N) is 1. The Morgan fingerprint density at radius 1 is 1.36 bits per heavy atom. The molecule has 7 heteroatoms. The Labute approximate surface area is 130 Å². The van der Waals surface area contributed by atoms with E-state index in [9.17, 15) is 15.0 Å². The maximum absolute atomic E-state index is 11.5. The van der Waals surface area contributed by atoms with Crippen molar-refractivity contribution in [1.29, 1.82) is 0 Å². The molecular formula is C15H24N2O5. The van der Waals surface area contributed by atoms with Gasteiger partial charge < -0.3 is 30.7 Å². The lowest BCUT2D eigenvalue weighted by molar-refractivity contribution is 0.0132. The number of nitrogen functional groups attached to an aromatic ring is 1. The van der Waals surface area contributed by atoms with E-state index in [1.165, 1.54) is 13.2 Å². The zero-order chi connectivity index (χ0) is 16.9. The predicted molar refractivity (Wildman–Crippen MR) is 82.6 cm³/mol. The Bertz CT molecular complexity index is 513. The first-order valence-electron chi connectivity index (χ1n) is 6.90. The Balaban J connectivity index is 2.65. The summed E-state index contributed by atoms with van der Waals surface area (Å²) in [6, 6.07) is 4.76. The predicted octanol–water partition coefficient (Wildman–Crippen LogP) is 1.20. The average molecular weight is 312 g/mol. The molecule has 1 aromatic carbocycles. The number of carbonyl (C=O) groups is 1. The van der Waals surface area contributed by atoms with Crippen LogP contribution in [0.15, 0.2) is 18.2 Å². The van der Waals surface area contributed by atoms with E-state index in [-0.39, 0.29) is 6.54 Å². The highest BCUT2D eigenvalue weighted by Crippen LogP contribution is 2.27. The minimum atomic E-state index is -1.26. The quantitative estimate of drug-likeness (QED) is 0.607. The maximum Gasteiger partial charge on any atom is 0.407 e. The first-order valence-corrected chi connectivity index (χ1v) is 6.90. The second-order valence-corrected chi connectivity index (χ2v) is 5.89. The van der Waals surface area contributed by atoms with E-state index in [1.54, 1.807) is 32.9 Å². The lowest BCUT2D eigenvalue weighted by Crippen LogP contribution is -2.39. The molecule has 0 aliphatic heterocycles. The standard InChI is InChI=1S/C15H24N2O5/c1-15(2,3)22-14(20)17-8-12(18)13(19)10-7-9(21-4)5-6-11(10)16/h5-7,12-13,18-19H,8,16H2,1-4H3,(H,17,20). The van der Waals surface area contributed by atoms with Gasteiger partial charge in [-0.2, -0.15) is 0 Å². The van der Waals surface area contributed by atoms with Gasteiger partial charge in [0.25, 0.3) is 0 Å². The number of aliphatic hydroxyl groups is 2. The van der Waals surface area contributed by atoms with Gasteiger partial charge in [0.15, 0.2) is 0 Å². The molecule has 2 unspecified atom stereocenters. The van der Waals surface area contributed by atoms with Gasteiger partial charge >= 0.3 is 6.09 Å². The number of nitrogens with one attached hydrogen (secondary N) is 1. The van der Waals surface area contributed by atoms with Crippen LogP contribution in [0.2, 0.25) is 0 Å². The summed E-state index contributed by atoms with van der Waals surface area (Å²) in [5, 5.41) is 22.5. The fourth-order valence-electron chi connectivity index (χ4n) is 1.76. The first-order chi connectivity index (χ1) is 10.1. The summed E-state index contributed by atoms with van der Waals surface area (Å²) < 4.78 is 10.1. The number of hydrogen-bond donors (Lipinski definition) is 4. The van der Waals surface area contributed by atoms with Crippen LogP contribution in [0, 0.1) is 0 Å². The van der Waals surface area contributed by atoms with Crippen LogP contribution >= 0.6 is 0 Å². The van der Waals surface area contributed by atoms with E-state index in [0.717, 1.165) is 0 Å². The van der Waals surface area contributed by atoms with Crippen LogP contribution in [0.5, 0.6) is 5.75 Å². The second kappa shape index (κ2) is 7.33. The van der Waals surface area contributed by atoms with Gasteiger partial charge in [-0.1, -0.05) is 0 Å². The lowest BCUT2D eigenvalue weighted by atomic mass is 10.0. The first kappa shape index (κ1) is 18.1. The third-order valence-corrected chi connectivity index (χ3v) is 2.83. The zero-order valence-electron chi connectivity index (χ0n) is 13.3. The van der Waals surface area contributed by atoms with Gasteiger partial charge in [0, 0.05) is 17.8 Å². The number of benzene rings is 1. The molecule has 0 fully saturated rings. The summed E-state index contributed by atoms with van der Waals surface area (Å²) in [6.45, 7) is 5.02. The van der Waals surface area contributed by atoms with Crippen molar-refractivity contribution in [1.82, 2.24) is 5.32 Å². The molecule has 124 valence electrons. The van der Waals surface area contributed by atoms with Crippen molar-refractivity contribution in [3.63, 3.8) is 0 Å². The molecule has 1 rings (SSSR count). The smallest absolute Gasteiger partial charge is 0.407 e. The molecule has 22 heavy (non-hydrogen) atoms. The molecule has 1 amide bonds. The van der Waals surface area contributed by atoms with Crippen LogP contribution in [0.1, 0.15) is 32.4 Å². The van der Waals surface area contributed by atoms with Crippen LogP contribution in [-0.4, -0.2) is 41.7 Å². The molecular weight excluding hydrogens is 288 g/mol. The molecule has 5 N–H and O–H groups in total. The molecule has 0 radical (unpaired) electrons. The van der Waals surface area contributed by atoms with Gasteiger partial charge in [0.1, 0.15) is 23.6 Å². The van der Waals surface area contributed by atoms with Gasteiger partial charge in [0.2, 0.25) is 0 Å². The van der Waals surface area contributed by atoms with E-state index in [2.05, 4.69) is 5.32 Å². The van der Waals surface area contributed by atoms with Crippen molar-refractivity contribution < 1.29 is 24.5 Å². The molecule has 0 saturated carbocycles. The third-order valence-electron chi connectivity index (χ3n) is 2.83. The van der Waals surface area contributed by atoms with E-state index in [4.69, 9.17) is 15.2 Å². The van der Waals surface area contributed by atoms with Gasteiger partial charge in [-0.25, -0.2) is 4.79 Å². The molecule has 0 aliphatic rings. The summed E-state index contributed by atoms with van der Waals surface area (Å²) in [7, 11) is 1.49. The third kappa shape index (κ3) is 5.42. The van der Waals surface area contributed by atoms with Crippen LogP contribution in [0.3, 0.4) is 0 Å². The topological polar surface area (TPSA) is 114 Å². The molecule has 2 atom stereocenters. The SMILES string of the molecule is COc1ccc(N)c(C(O)C(O)CNC(=O)OC(C)(C)C)c1. The average Bonchev–Trinajstić information content (AvgIpc) is 2.42. The molecule has 0 aliphatic carbocycles. The number of alkyl carbamates (subject to hydrolysis) is 1. The molecule has 0 heterocycles. The van der Waals surface area contributed by atoms with Gasteiger partial charge in [-0.3, -0.25) is 0 Å². The normalized spacial score (nSPS) is 14.1. The van der Waals surface area contributed by atoms with E-state index >= 15 is 0 Å². The van der Waals surface area contributed by atoms with Gasteiger partial charge in [-0.15, -0.1) is 0 Å². The number of aliphatic hydroxyl groups excluding tert-OH is 2. The Hall–Kier alpha value is -1.99. The van der Waals surface area contributed by atoms with E-state index in [0.29, 0.717) is 17.0 Å². The molecule has 0 spiro atoms. The maximum atomic E-state index is 11.5. The number of carbonyl (C=O) groups excluding carboxylic acids is 1. The summed E-state index contributed by atoms with van der Waals surface area (Å²) in [5.41, 5.74) is 5.80. The lowest BCUT2D eigenvalue weighted by Gasteiger charge is -2.23. The van der Waals surface area contributed by atoms with E-state index in [1.807, 2.05) is 0 Å². The summed E-state index contributed by atoms with van der Waals surface area (Å²) in [5.74, 6) is 0.510. The number of amides is 1. The van der Waals surface area contributed by atoms with Crippen molar-refractivity contribution >= 4 is 11.8 Å². The monoisotopic (exact) mass is 312 g/mol. The zero-order valence-corrected chi connectivity index (χ0v) is 13.3. The largest absolute Gasteiger partial charge is 0.497 e.